The van der Waals surface area contributed by atoms with Crippen molar-refractivity contribution in [2.45, 2.75) is 20.8 Å². The van der Waals surface area contributed by atoms with Crippen LogP contribution in [0.4, 0.5) is 17.1 Å². The number of rotatable bonds is 7. The van der Waals surface area contributed by atoms with Crippen LogP contribution in [0.3, 0.4) is 0 Å². The third kappa shape index (κ3) is 5.04. The van der Waals surface area contributed by atoms with E-state index in [0.29, 0.717) is 0 Å². The molecule has 0 N–H and O–H groups in total. The highest BCUT2D eigenvalue weighted by atomic mass is 16.3. The Kier molecular flexibility index (Phi) is 7.62. The summed E-state index contributed by atoms with van der Waals surface area (Å²) in [6.45, 7) is 6.58. The van der Waals surface area contributed by atoms with E-state index in [1.807, 2.05) is 6.07 Å². The summed E-state index contributed by atoms with van der Waals surface area (Å²) >= 11 is 0. The molecule has 0 atom stereocenters. The largest absolute Gasteiger partial charge is 0.454 e. The van der Waals surface area contributed by atoms with E-state index in [-0.39, 0.29) is 6.71 Å². The first-order valence-electron chi connectivity index (χ1n) is 18.8. The Morgan fingerprint density at radius 3 is 2.06 bits per heavy atom. The second-order valence-electron chi connectivity index (χ2n) is 14.5. The van der Waals surface area contributed by atoms with Gasteiger partial charge in [-0.1, -0.05) is 168 Å². The lowest BCUT2D eigenvalue weighted by Gasteiger charge is -2.28. The summed E-state index contributed by atoms with van der Waals surface area (Å²) in [5, 5.41) is 9.79. The van der Waals surface area contributed by atoms with Gasteiger partial charge in [0, 0.05) is 21.8 Å². The second-order valence-corrected chi connectivity index (χ2v) is 14.5. The first kappa shape index (κ1) is 32.1. The molecule has 0 radical (unpaired) electrons. The maximum absolute atomic E-state index is 6.71. The fourth-order valence-corrected chi connectivity index (χ4v) is 8.78. The van der Waals surface area contributed by atoms with Crippen LogP contribution >= 0.6 is 0 Å². The van der Waals surface area contributed by atoms with E-state index in [2.05, 4.69) is 196 Å². The second kappa shape index (κ2) is 12.8. The Morgan fingerprint density at radius 1 is 0.519 bits per heavy atom. The van der Waals surface area contributed by atoms with E-state index in [0.717, 1.165) is 39.0 Å². The molecule has 0 aliphatic heterocycles. The summed E-state index contributed by atoms with van der Waals surface area (Å²) < 4.78 is 6.71. The van der Waals surface area contributed by atoms with E-state index in [9.17, 15) is 0 Å². The topological polar surface area (TPSA) is 16.4 Å². The van der Waals surface area contributed by atoms with E-state index < -0.39 is 0 Å². The minimum absolute atomic E-state index is 0.0937. The molecular weight excluding hydrogens is 653 g/mol. The molecule has 1 heterocycles. The van der Waals surface area contributed by atoms with Gasteiger partial charge >= 0.3 is 0 Å². The molecule has 0 aliphatic rings. The number of anilines is 3. The molecule has 0 fully saturated rings. The highest BCUT2D eigenvalue weighted by molar-refractivity contribution is 6.97. The summed E-state index contributed by atoms with van der Waals surface area (Å²) in [5.41, 5.74) is 12.7. The number of benzene rings is 9. The SMILES string of the molecule is C/C=C\c1cc(N(c2ccc3ccc4c(B(c5ccccc5)c5ccccc5C)ccc5ccc2c3c54)c2cccc3c2oc2ccccc23)ccc1C. The predicted octanol–water partition coefficient (Wildman–Crippen LogP) is 12.1. The van der Waals surface area contributed by atoms with E-state index in [1.165, 1.54) is 65.4 Å². The molecule has 1 aromatic heterocycles. The molecule has 54 heavy (non-hydrogen) atoms. The Labute approximate surface area is 316 Å². The van der Waals surface area contributed by atoms with Crippen LogP contribution in [-0.2, 0) is 0 Å². The minimum Gasteiger partial charge on any atom is -0.454 e. The van der Waals surface area contributed by atoms with Crippen molar-refractivity contribution in [3.63, 3.8) is 0 Å². The molecular formula is C51H38BNO. The van der Waals surface area contributed by atoms with E-state index in [1.54, 1.807) is 0 Å². The molecule has 2 nitrogen and oxygen atoms in total. The van der Waals surface area contributed by atoms with Gasteiger partial charge in [-0.05, 0) is 89.2 Å². The van der Waals surface area contributed by atoms with Crippen LogP contribution < -0.4 is 21.3 Å². The van der Waals surface area contributed by atoms with Crippen molar-refractivity contribution in [1.29, 1.82) is 0 Å². The quantitative estimate of drug-likeness (QED) is 0.122. The maximum atomic E-state index is 6.71. The summed E-state index contributed by atoms with van der Waals surface area (Å²) in [5.74, 6) is 0. The highest BCUT2D eigenvalue weighted by Gasteiger charge is 2.27. The monoisotopic (exact) mass is 691 g/mol. The molecule has 0 aliphatic carbocycles. The molecule has 10 aromatic rings. The number of furan rings is 1. The number of nitrogens with zero attached hydrogens (tertiary/aromatic N) is 1. The van der Waals surface area contributed by atoms with Crippen LogP contribution in [0.5, 0.6) is 0 Å². The minimum atomic E-state index is 0.0937. The molecule has 0 spiro atoms. The van der Waals surface area contributed by atoms with Gasteiger partial charge in [0.25, 0.3) is 0 Å². The van der Waals surface area contributed by atoms with Gasteiger partial charge in [0.1, 0.15) is 5.58 Å². The van der Waals surface area contributed by atoms with Crippen LogP contribution in [0.25, 0.3) is 60.3 Å². The summed E-state index contributed by atoms with van der Waals surface area (Å²) in [6, 6.07) is 60.0. The number of para-hydroxylation sites is 2. The van der Waals surface area contributed by atoms with E-state index in [4.69, 9.17) is 4.42 Å². The normalized spacial score (nSPS) is 11.9. The maximum Gasteiger partial charge on any atom is 0.242 e. The number of fused-ring (bicyclic) bond motifs is 3. The zero-order valence-electron chi connectivity index (χ0n) is 30.7. The predicted molar refractivity (Wildman–Crippen MR) is 234 cm³/mol. The van der Waals surface area contributed by atoms with Gasteiger partial charge in [-0.2, -0.15) is 0 Å². The van der Waals surface area contributed by atoms with Crippen LogP contribution in [-0.4, -0.2) is 6.71 Å². The van der Waals surface area contributed by atoms with Gasteiger partial charge in [0.15, 0.2) is 5.58 Å². The molecule has 0 unspecified atom stereocenters. The standard InChI is InChI=1S/C51H38BNO/c1-4-13-37-32-39(27-22-33(37)2)53(47-20-12-18-41-40-17-9-11-21-48(40)54-51(41)47)46-31-26-36-23-28-42-45(30-25-35-24-29-43(46)50(36)49(35)42)52(38-15-6-5-7-16-38)44-19-10-8-14-34(44)3/h4-32H,1-3H3/b13-4-. The highest BCUT2D eigenvalue weighted by Crippen LogP contribution is 2.47. The lowest BCUT2D eigenvalue weighted by atomic mass is 9.35. The molecule has 0 bridgehead atoms. The molecule has 0 amide bonds. The smallest absolute Gasteiger partial charge is 0.242 e. The van der Waals surface area contributed by atoms with Crippen LogP contribution in [0.2, 0.25) is 0 Å². The number of hydrogen-bond donors (Lipinski definition) is 0. The molecule has 3 heteroatoms. The molecule has 9 aromatic carbocycles. The van der Waals surface area contributed by atoms with Crippen LogP contribution in [0.1, 0.15) is 23.6 Å². The lowest BCUT2D eigenvalue weighted by molar-refractivity contribution is 0.669. The molecule has 0 saturated carbocycles. The molecule has 10 rings (SSSR count). The number of allylic oxidation sites excluding steroid dienone is 1. The van der Waals surface area contributed by atoms with Crippen LogP contribution in [0.15, 0.2) is 174 Å². The Balaban J connectivity index is 1.27. The van der Waals surface area contributed by atoms with Crippen molar-refractivity contribution in [2.75, 3.05) is 4.90 Å². The Morgan fingerprint density at radius 2 is 1.22 bits per heavy atom. The van der Waals surface area contributed by atoms with Gasteiger partial charge in [-0.3, -0.25) is 0 Å². The van der Waals surface area contributed by atoms with Gasteiger partial charge < -0.3 is 9.32 Å². The third-order valence-corrected chi connectivity index (χ3v) is 11.4. The zero-order valence-corrected chi connectivity index (χ0v) is 30.7. The number of aryl methyl sites for hydroxylation is 2. The Bertz CT molecular complexity index is 3050. The zero-order chi connectivity index (χ0) is 36.3. The fraction of sp³-hybridized carbons (Fsp3) is 0.0588. The average Bonchev–Trinajstić information content (AvgIpc) is 3.60. The van der Waals surface area contributed by atoms with Crippen LogP contribution in [0, 0.1) is 13.8 Å². The first-order chi connectivity index (χ1) is 26.6. The lowest BCUT2D eigenvalue weighted by Crippen LogP contribution is -2.53. The summed E-state index contributed by atoms with van der Waals surface area (Å²) in [4.78, 5) is 2.41. The van der Waals surface area contributed by atoms with Crippen molar-refractivity contribution >= 4 is 100 Å². The van der Waals surface area contributed by atoms with Gasteiger partial charge in [-0.15, -0.1) is 0 Å². The van der Waals surface area contributed by atoms with Gasteiger partial charge in [-0.25, -0.2) is 0 Å². The average molecular weight is 692 g/mol. The summed E-state index contributed by atoms with van der Waals surface area (Å²) in [7, 11) is 0. The fourth-order valence-electron chi connectivity index (χ4n) is 8.78. The van der Waals surface area contributed by atoms with Crippen molar-refractivity contribution < 1.29 is 4.42 Å². The third-order valence-electron chi connectivity index (χ3n) is 11.4. The first-order valence-corrected chi connectivity index (χ1v) is 18.8. The molecule has 0 saturated heterocycles. The summed E-state index contributed by atoms with van der Waals surface area (Å²) in [6.07, 6.45) is 4.31. The van der Waals surface area contributed by atoms with Gasteiger partial charge in [0.05, 0.1) is 11.4 Å². The van der Waals surface area contributed by atoms with Crippen molar-refractivity contribution in [3.8, 4) is 0 Å². The Hall–Kier alpha value is -6.58. The van der Waals surface area contributed by atoms with Crippen molar-refractivity contribution in [2.24, 2.45) is 0 Å². The molecule has 256 valence electrons. The van der Waals surface area contributed by atoms with E-state index >= 15 is 0 Å². The van der Waals surface area contributed by atoms with Crippen molar-refractivity contribution in [1.82, 2.24) is 0 Å². The van der Waals surface area contributed by atoms with Gasteiger partial charge in [0.2, 0.25) is 6.71 Å². The van der Waals surface area contributed by atoms with Crippen molar-refractivity contribution in [3.05, 3.63) is 187 Å². The number of hydrogen-bond acceptors (Lipinski definition) is 2.